The Bertz CT molecular complexity index is 1410. The lowest BCUT2D eigenvalue weighted by Gasteiger charge is -2.31. The van der Waals surface area contributed by atoms with Crippen molar-refractivity contribution in [1.82, 2.24) is 14.3 Å². The highest BCUT2D eigenvalue weighted by Crippen LogP contribution is 2.35. The van der Waals surface area contributed by atoms with Crippen molar-refractivity contribution in [3.05, 3.63) is 102 Å². The monoisotopic (exact) mass is 415 g/mol. The number of Topliss-reactive ketones (excluding diaryl/α,β-unsaturated/α-hetero) is 1. The summed E-state index contributed by atoms with van der Waals surface area (Å²) in [6.45, 7) is 0.0190. The SMILES string of the molecule is O=C1/C(=C/c2cccc3[nH]ccc23)N(Cc2cccnc2)S(=O)(=O)c2ccccc21. The quantitative estimate of drug-likeness (QED) is 0.513. The molecule has 5 rings (SSSR count). The lowest BCUT2D eigenvalue weighted by molar-refractivity contribution is 0.100. The highest BCUT2D eigenvalue weighted by molar-refractivity contribution is 7.89. The molecular weight excluding hydrogens is 398 g/mol. The lowest BCUT2D eigenvalue weighted by atomic mass is 10.0. The van der Waals surface area contributed by atoms with E-state index in [1.54, 1.807) is 48.8 Å². The molecule has 0 bridgehead atoms. The van der Waals surface area contributed by atoms with Crippen molar-refractivity contribution < 1.29 is 13.2 Å². The lowest BCUT2D eigenvalue weighted by Crippen LogP contribution is -2.38. The molecule has 6 nitrogen and oxygen atoms in total. The number of hydrogen-bond donors (Lipinski definition) is 1. The van der Waals surface area contributed by atoms with E-state index in [9.17, 15) is 13.2 Å². The van der Waals surface area contributed by atoms with Gasteiger partial charge in [-0.3, -0.25) is 14.1 Å². The van der Waals surface area contributed by atoms with E-state index in [2.05, 4.69) is 9.97 Å². The summed E-state index contributed by atoms with van der Waals surface area (Å²) in [5.41, 5.74) is 2.68. The smallest absolute Gasteiger partial charge is 0.265 e. The van der Waals surface area contributed by atoms with Crippen LogP contribution in [0.3, 0.4) is 0 Å². The van der Waals surface area contributed by atoms with Crippen molar-refractivity contribution in [3.8, 4) is 0 Å². The Morgan fingerprint density at radius 1 is 1.00 bits per heavy atom. The number of ketones is 1. The molecule has 4 aromatic rings. The van der Waals surface area contributed by atoms with Gasteiger partial charge < -0.3 is 4.98 Å². The Morgan fingerprint density at radius 2 is 1.87 bits per heavy atom. The summed E-state index contributed by atoms with van der Waals surface area (Å²) >= 11 is 0. The summed E-state index contributed by atoms with van der Waals surface area (Å²) in [5, 5.41) is 0.912. The Labute approximate surface area is 173 Å². The second-order valence-corrected chi connectivity index (χ2v) is 8.84. The van der Waals surface area contributed by atoms with Crippen LogP contribution in [-0.2, 0) is 16.6 Å². The van der Waals surface area contributed by atoms with Crippen LogP contribution in [0.5, 0.6) is 0 Å². The molecule has 0 spiro atoms. The van der Waals surface area contributed by atoms with Gasteiger partial charge >= 0.3 is 0 Å². The molecule has 30 heavy (non-hydrogen) atoms. The first kappa shape index (κ1) is 18.3. The van der Waals surface area contributed by atoms with E-state index in [4.69, 9.17) is 0 Å². The molecule has 0 aliphatic carbocycles. The van der Waals surface area contributed by atoms with Gasteiger partial charge in [0.1, 0.15) is 5.70 Å². The Balaban J connectivity index is 1.74. The third kappa shape index (κ3) is 2.91. The number of aromatic nitrogens is 2. The molecule has 0 amide bonds. The van der Waals surface area contributed by atoms with Crippen LogP contribution in [0.15, 0.2) is 89.8 Å². The number of nitrogens with zero attached hydrogens (tertiary/aromatic N) is 2. The molecule has 0 saturated heterocycles. The molecule has 0 radical (unpaired) electrons. The first-order valence-electron chi connectivity index (χ1n) is 9.39. The summed E-state index contributed by atoms with van der Waals surface area (Å²) in [7, 11) is -3.91. The van der Waals surface area contributed by atoms with Crippen molar-refractivity contribution in [2.45, 2.75) is 11.4 Å². The topological polar surface area (TPSA) is 83.1 Å². The predicted octanol–water partition coefficient (Wildman–Crippen LogP) is 3.99. The number of sulfonamides is 1. The van der Waals surface area contributed by atoms with Crippen molar-refractivity contribution in [2.24, 2.45) is 0 Å². The van der Waals surface area contributed by atoms with Gasteiger partial charge in [0.25, 0.3) is 10.0 Å². The third-order valence-electron chi connectivity index (χ3n) is 5.17. The maximum Gasteiger partial charge on any atom is 0.265 e. The molecule has 2 aromatic heterocycles. The molecule has 7 heteroatoms. The average molecular weight is 415 g/mol. The average Bonchev–Trinajstić information content (AvgIpc) is 3.25. The highest BCUT2D eigenvalue weighted by atomic mass is 32.2. The molecule has 0 unspecified atom stereocenters. The van der Waals surface area contributed by atoms with Crippen LogP contribution in [0, 0.1) is 0 Å². The van der Waals surface area contributed by atoms with E-state index in [1.807, 2.05) is 30.5 Å². The van der Waals surface area contributed by atoms with Crippen LogP contribution < -0.4 is 0 Å². The first-order valence-corrected chi connectivity index (χ1v) is 10.8. The molecule has 2 aromatic carbocycles. The van der Waals surface area contributed by atoms with Gasteiger partial charge in [-0.2, -0.15) is 0 Å². The van der Waals surface area contributed by atoms with Crippen LogP contribution in [0.1, 0.15) is 21.5 Å². The first-order chi connectivity index (χ1) is 14.6. The highest BCUT2D eigenvalue weighted by Gasteiger charge is 2.39. The summed E-state index contributed by atoms with van der Waals surface area (Å²) in [4.78, 5) is 20.6. The number of rotatable bonds is 3. The van der Waals surface area contributed by atoms with E-state index < -0.39 is 10.0 Å². The predicted molar refractivity (Wildman–Crippen MR) is 114 cm³/mol. The summed E-state index contributed by atoms with van der Waals surface area (Å²) in [5.74, 6) is -0.322. The number of aromatic amines is 1. The number of carbonyl (C=O) groups excluding carboxylic acids is 1. The minimum atomic E-state index is -3.91. The summed E-state index contributed by atoms with van der Waals surface area (Å²) in [6.07, 6.45) is 6.69. The molecule has 0 fully saturated rings. The van der Waals surface area contributed by atoms with Gasteiger partial charge in [-0.25, -0.2) is 8.42 Å². The Kier molecular flexibility index (Phi) is 4.25. The zero-order valence-corrected chi connectivity index (χ0v) is 16.6. The number of fused-ring (bicyclic) bond motifs is 2. The molecular formula is C23H17N3O3S. The fourth-order valence-electron chi connectivity index (χ4n) is 3.73. The molecule has 1 N–H and O–H groups in total. The van der Waals surface area contributed by atoms with Crippen molar-refractivity contribution in [3.63, 3.8) is 0 Å². The zero-order valence-electron chi connectivity index (χ0n) is 15.8. The van der Waals surface area contributed by atoms with Crippen LogP contribution in [0.2, 0.25) is 0 Å². The molecule has 148 valence electrons. The van der Waals surface area contributed by atoms with Crippen molar-refractivity contribution in [1.29, 1.82) is 0 Å². The number of benzene rings is 2. The minimum Gasteiger partial charge on any atom is -0.361 e. The maximum atomic E-state index is 13.5. The normalized spacial score (nSPS) is 16.7. The van der Waals surface area contributed by atoms with E-state index in [0.717, 1.165) is 16.5 Å². The second kappa shape index (κ2) is 6.96. The minimum absolute atomic E-state index is 0.0190. The van der Waals surface area contributed by atoms with Crippen LogP contribution in [0.4, 0.5) is 0 Å². The molecule has 0 atom stereocenters. The van der Waals surface area contributed by atoms with Gasteiger partial charge in [-0.15, -0.1) is 0 Å². The number of allylic oxidation sites excluding steroid dienone is 1. The summed E-state index contributed by atoms with van der Waals surface area (Å²) in [6, 6.07) is 17.4. The largest absolute Gasteiger partial charge is 0.361 e. The molecule has 0 saturated carbocycles. The molecule has 3 heterocycles. The number of pyridine rings is 1. The van der Waals surface area contributed by atoms with E-state index in [0.29, 0.717) is 5.56 Å². The van der Waals surface area contributed by atoms with Gasteiger partial charge in [0.05, 0.1) is 11.4 Å². The molecule has 1 aliphatic heterocycles. The van der Waals surface area contributed by atoms with Gasteiger partial charge in [0, 0.05) is 35.1 Å². The second-order valence-electron chi connectivity index (χ2n) is 7.01. The fourth-order valence-corrected chi connectivity index (χ4v) is 5.37. The van der Waals surface area contributed by atoms with E-state index in [-0.39, 0.29) is 28.5 Å². The van der Waals surface area contributed by atoms with Gasteiger partial charge in [-0.1, -0.05) is 30.3 Å². The van der Waals surface area contributed by atoms with E-state index in [1.165, 1.54) is 10.4 Å². The third-order valence-corrected chi connectivity index (χ3v) is 6.99. The van der Waals surface area contributed by atoms with Crippen LogP contribution >= 0.6 is 0 Å². The van der Waals surface area contributed by atoms with Gasteiger partial charge in [-0.05, 0) is 47.5 Å². The fraction of sp³-hybridized carbons (Fsp3) is 0.0435. The number of hydrogen-bond acceptors (Lipinski definition) is 4. The van der Waals surface area contributed by atoms with Crippen molar-refractivity contribution in [2.75, 3.05) is 0 Å². The van der Waals surface area contributed by atoms with Gasteiger partial charge in [0.2, 0.25) is 5.78 Å². The van der Waals surface area contributed by atoms with Crippen molar-refractivity contribution >= 4 is 32.8 Å². The number of H-pyrrole nitrogens is 1. The zero-order chi connectivity index (χ0) is 20.7. The Morgan fingerprint density at radius 3 is 2.70 bits per heavy atom. The van der Waals surface area contributed by atoms with Crippen LogP contribution in [-0.4, -0.2) is 28.5 Å². The standard InChI is InChI=1S/C23H17N3O3S/c27-23-19-7-1-2-9-22(19)30(28,29)26(15-16-5-4-11-24-14-16)21(23)13-17-6-3-8-20-18(17)10-12-25-20/h1-14,25H,15H2/b21-13-. The van der Waals surface area contributed by atoms with E-state index >= 15 is 0 Å². The maximum absolute atomic E-state index is 13.5. The summed E-state index contributed by atoms with van der Waals surface area (Å²) < 4.78 is 28.1. The van der Waals surface area contributed by atoms with Crippen LogP contribution in [0.25, 0.3) is 17.0 Å². The molecule has 1 aliphatic rings. The van der Waals surface area contributed by atoms with Gasteiger partial charge in [0.15, 0.2) is 0 Å². The Hall–Kier alpha value is -3.71. The number of nitrogens with one attached hydrogen (secondary N) is 1. The number of carbonyl (C=O) groups is 1.